The quantitative estimate of drug-likeness (QED) is 0.814. The molecule has 0 spiro atoms. The molecule has 1 aromatic heterocycles. The van der Waals surface area contributed by atoms with E-state index in [1.807, 2.05) is 12.1 Å². The Morgan fingerprint density at radius 1 is 1.50 bits per heavy atom. The van der Waals surface area contributed by atoms with Crippen molar-refractivity contribution in [1.82, 2.24) is 5.32 Å². The van der Waals surface area contributed by atoms with Gasteiger partial charge in [0, 0.05) is 12.5 Å². The molecule has 1 N–H and O–H groups in total. The van der Waals surface area contributed by atoms with Gasteiger partial charge in [-0.15, -0.1) is 0 Å². The van der Waals surface area contributed by atoms with Crippen molar-refractivity contribution in [3.63, 3.8) is 0 Å². The predicted octanol–water partition coefficient (Wildman–Crippen LogP) is 3.13. The maximum Gasteiger partial charge on any atom is 0.117 e. The largest absolute Gasteiger partial charge is 0.468 e. The van der Waals surface area contributed by atoms with E-state index in [-0.39, 0.29) is 6.10 Å². The molecule has 3 atom stereocenters. The molecule has 1 aromatic rings. The highest BCUT2D eigenvalue weighted by Gasteiger charge is 2.29. The molecule has 2 heterocycles. The molecule has 1 aliphatic rings. The summed E-state index contributed by atoms with van der Waals surface area (Å²) in [6.45, 7) is 9.94. The van der Waals surface area contributed by atoms with Crippen molar-refractivity contribution in [1.29, 1.82) is 0 Å². The minimum absolute atomic E-state index is 0.237. The summed E-state index contributed by atoms with van der Waals surface area (Å²) in [4.78, 5) is 0. The topological polar surface area (TPSA) is 34.4 Å². The smallest absolute Gasteiger partial charge is 0.117 e. The number of ether oxygens (including phenoxy) is 1. The molecule has 3 nitrogen and oxygen atoms in total. The third-order valence-electron chi connectivity index (χ3n) is 3.60. The van der Waals surface area contributed by atoms with Gasteiger partial charge >= 0.3 is 0 Å². The summed E-state index contributed by atoms with van der Waals surface area (Å²) in [6, 6.07) is 3.89. The summed E-state index contributed by atoms with van der Waals surface area (Å²) in [5.74, 6) is 1.44. The highest BCUT2D eigenvalue weighted by molar-refractivity contribution is 5.03. The zero-order valence-electron chi connectivity index (χ0n) is 11.3. The molecule has 0 unspecified atom stereocenters. The predicted molar refractivity (Wildman–Crippen MR) is 72.3 cm³/mol. The van der Waals surface area contributed by atoms with Crippen LogP contribution in [0, 0.1) is 5.92 Å². The number of furan rings is 1. The Morgan fingerprint density at radius 2 is 2.33 bits per heavy atom. The van der Waals surface area contributed by atoms with Crippen LogP contribution in [0.1, 0.15) is 32.4 Å². The molecule has 0 aliphatic carbocycles. The lowest BCUT2D eigenvalue weighted by atomic mass is 9.87. The Balaban J connectivity index is 1.82. The maximum absolute atomic E-state index is 6.03. The van der Waals surface area contributed by atoms with Gasteiger partial charge < -0.3 is 14.5 Å². The van der Waals surface area contributed by atoms with Gasteiger partial charge in [0.25, 0.3) is 0 Å². The van der Waals surface area contributed by atoms with Crippen LogP contribution in [0.15, 0.2) is 35.0 Å². The molecule has 0 saturated carbocycles. The highest BCUT2D eigenvalue weighted by Crippen LogP contribution is 2.29. The molecule has 1 fully saturated rings. The van der Waals surface area contributed by atoms with Gasteiger partial charge in [-0.2, -0.15) is 0 Å². The molecule has 18 heavy (non-hydrogen) atoms. The van der Waals surface area contributed by atoms with Crippen LogP contribution in [0.4, 0.5) is 0 Å². The second-order valence-electron chi connectivity index (χ2n) is 5.23. The second-order valence-corrected chi connectivity index (χ2v) is 5.23. The molecule has 100 valence electrons. The molecule has 1 aliphatic heterocycles. The normalized spacial score (nSPS) is 28.2. The van der Waals surface area contributed by atoms with Crippen molar-refractivity contribution in [3.8, 4) is 0 Å². The van der Waals surface area contributed by atoms with Gasteiger partial charge in [-0.25, -0.2) is 0 Å². The van der Waals surface area contributed by atoms with E-state index in [0.29, 0.717) is 12.0 Å². The van der Waals surface area contributed by atoms with Crippen molar-refractivity contribution in [2.24, 2.45) is 5.92 Å². The lowest BCUT2D eigenvalue weighted by molar-refractivity contribution is -0.0633. The first-order chi connectivity index (χ1) is 8.66. The SMILES string of the molecule is C=C(C)[C@@H]1CC[C@H](C)O[C@H]1CNCc1ccco1. The van der Waals surface area contributed by atoms with Crippen LogP contribution >= 0.6 is 0 Å². The van der Waals surface area contributed by atoms with E-state index in [4.69, 9.17) is 9.15 Å². The summed E-state index contributed by atoms with van der Waals surface area (Å²) in [5.41, 5.74) is 1.23. The van der Waals surface area contributed by atoms with E-state index >= 15 is 0 Å². The minimum Gasteiger partial charge on any atom is -0.468 e. The van der Waals surface area contributed by atoms with Crippen LogP contribution in [0.25, 0.3) is 0 Å². The van der Waals surface area contributed by atoms with Crippen LogP contribution in [0.3, 0.4) is 0 Å². The van der Waals surface area contributed by atoms with E-state index < -0.39 is 0 Å². The number of rotatable bonds is 5. The van der Waals surface area contributed by atoms with Crippen LogP contribution in [-0.2, 0) is 11.3 Å². The monoisotopic (exact) mass is 249 g/mol. The maximum atomic E-state index is 6.03. The van der Waals surface area contributed by atoms with Crippen LogP contribution in [-0.4, -0.2) is 18.8 Å². The summed E-state index contributed by atoms with van der Waals surface area (Å²) in [5, 5.41) is 3.40. The summed E-state index contributed by atoms with van der Waals surface area (Å²) < 4.78 is 11.3. The molecule has 0 bridgehead atoms. The van der Waals surface area contributed by atoms with Crippen LogP contribution < -0.4 is 5.32 Å². The van der Waals surface area contributed by atoms with Gasteiger partial charge in [-0.1, -0.05) is 12.2 Å². The fraction of sp³-hybridized carbons (Fsp3) is 0.600. The van der Waals surface area contributed by atoms with Gasteiger partial charge in [0.2, 0.25) is 0 Å². The van der Waals surface area contributed by atoms with Gasteiger partial charge in [0.15, 0.2) is 0 Å². The highest BCUT2D eigenvalue weighted by atomic mass is 16.5. The van der Waals surface area contributed by atoms with E-state index in [1.54, 1.807) is 6.26 Å². The molecule has 0 aromatic carbocycles. The lowest BCUT2D eigenvalue weighted by Crippen LogP contribution is -2.41. The molecule has 2 rings (SSSR count). The molecule has 1 saturated heterocycles. The minimum atomic E-state index is 0.237. The zero-order chi connectivity index (χ0) is 13.0. The third-order valence-corrected chi connectivity index (χ3v) is 3.60. The summed E-state index contributed by atoms with van der Waals surface area (Å²) in [6.07, 6.45) is 4.61. The van der Waals surface area contributed by atoms with E-state index in [1.165, 1.54) is 12.0 Å². The zero-order valence-corrected chi connectivity index (χ0v) is 11.3. The first-order valence-electron chi connectivity index (χ1n) is 6.70. The van der Waals surface area contributed by atoms with Gasteiger partial charge in [0.1, 0.15) is 5.76 Å². The van der Waals surface area contributed by atoms with E-state index in [2.05, 4.69) is 25.7 Å². The van der Waals surface area contributed by atoms with Crippen molar-refractivity contribution in [3.05, 3.63) is 36.3 Å². The first-order valence-corrected chi connectivity index (χ1v) is 6.70. The van der Waals surface area contributed by atoms with Crippen LogP contribution in [0.2, 0.25) is 0 Å². The Labute approximate surface area is 109 Å². The Hall–Kier alpha value is -1.06. The van der Waals surface area contributed by atoms with E-state index in [9.17, 15) is 0 Å². The lowest BCUT2D eigenvalue weighted by Gasteiger charge is -2.36. The fourth-order valence-corrected chi connectivity index (χ4v) is 2.57. The average molecular weight is 249 g/mol. The summed E-state index contributed by atoms with van der Waals surface area (Å²) >= 11 is 0. The average Bonchev–Trinajstić information content (AvgIpc) is 2.82. The number of hydrogen-bond acceptors (Lipinski definition) is 3. The van der Waals surface area contributed by atoms with Crippen molar-refractivity contribution in [2.75, 3.05) is 6.54 Å². The molecule has 3 heteroatoms. The second kappa shape index (κ2) is 6.21. The number of nitrogens with one attached hydrogen (secondary N) is 1. The Morgan fingerprint density at radius 3 is 3.00 bits per heavy atom. The summed E-state index contributed by atoms with van der Waals surface area (Å²) in [7, 11) is 0. The number of hydrogen-bond donors (Lipinski definition) is 1. The van der Waals surface area contributed by atoms with Crippen molar-refractivity contribution < 1.29 is 9.15 Å². The Kier molecular flexibility index (Phi) is 4.61. The van der Waals surface area contributed by atoms with E-state index in [0.717, 1.165) is 25.3 Å². The fourth-order valence-electron chi connectivity index (χ4n) is 2.57. The molecule has 0 radical (unpaired) electrons. The van der Waals surface area contributed by atoms with Gasteiger partial charge in [-0.05, 0) is 38.8 Å². The van der Waals surface area contributed by atoms with Crippen molar-refractivity contribution in [2.45, 2.75) is 45.4 Å². The van der Waals surface area contributed by atoms with Gasteiger partial charge in [-0.3, -0.25) is 0 Å². The molecule has 0 amide bonds. The van der Waals surface area contributed by atoms with Crippen LogP contribution in [0.5, 0.6) is 0 Å². The molecular weight excluding hydrogens is 226 g/mol. The van der Waals surface area contributed by atoms with Crippen molar-refractivity contribution >= 4 is 0 Å². The standard InChI is InChI=1S/C15H23NO2/c1-11(2)14-7-6-12(3)18-15(14)10-16-9-13-5-4-8-17-13/h4-5,8,12,14-16H,1,6-7,9-10H2,2-3H3/t12-,14-,15-/m0/s1. The Bertz CT molecular complexity index is 372. The molecular formula is C15H23NO2. The third kappa shape index (κ3) is 3.47. The first kappa shape index (κ1) is 13.4. The van der Waals surface area contributed by atoms with Gasteiger partial charge in [0.05, 0.1) is 25.0 Å².